The van der Waals surface area contributed by atoms with E-state index in [-0.39, 0.29) is 0 Å². The molecule has 3 heterocycles. The topological polar surface area (TPSA) is 70.6 Å². The van der Waals surface area contributed by atoms with Crippen LogP contribution in [0.15, 0.2) is 126 Å². The predicted molar refractivity (Wildman–Crippen MR) is 172 cm³/mol. The molecule has 9 rings (SSSR count). The van der Waals surface area contributed by atoms with E-state index in [9.17, 15) is 10.5 Å². The third kappa shape index (κ3) is 3.14. The van der Waals surface area contributed by atoms with Gasteiger partial charge in [0.15, 0.2) is 0 Å². The highest BCUT2D eigenvalue weighted by atomic mass is 16.3. The number of nitrogens with zero attached hydrogens (tertiary/aromatic N) is 4. The Bertz CT molecular complexity index is 2520. The van der Waals surface area contributed by atoms with Crippen molar-refractivity contribution in [3.05, 3.63) is 132 Å². The molecule has 0 N–H and O–H groups in total. The lowest BCUT2D eigenvalue weighted by Crippen LogP contribution is -1.94. The zero-order valence-electron chi connectivity index (χ0n) is 22.7. The SMILES string of the molecule is N#Cc1cccc2c1c1ccccc1n2-c1ccc2oc3ccc(-n4c5ccccc5c5c(C#N)cccc54)cc3c2c1. The number of furan rings is 1. The Morgan fingerprint density at radius 2 is 0.884 bits per heavy atom. The molecule has 198 valence electrons. The van der Waals surface area contributed by atoms with Crippen molar-refractivity contribution in [2.45, 2.75) is 0 Å². The van der Waals surface area contributed by atoms with Crippen molar-refractivity contribution in [2.24, 2.45) is 0 Å². The highest BCUT2D eigenvalue weighted by Gasteiger charge is 2.18. The van der Waals surface area contributed by atoms with Gasteiger partial charge in [0.2, 0.25) is 0 Å². The number of para-hydroxylation sites is 2. The molecule has 0 amide bonds. The summed E-state index contributed by atoms with van der Waals surface area (Å²) in [5.41, 5.74) is 9.02. The second-order valence-electron chi connectivity index (χ2n) is 10.8. The molecule has 6 aromatic carbocycles. The molecule has 0 bridgehead atoms. The maximum atomic E-state index is 9.88. The summed E-state index contributed by atoms with van der Waals surface area (Å²) in [4.78, 5) is 0. The first-order valence-electron chi connectivity index (χ1n) is 14.1. The number of fused-ring (bicyclic) bond motifs is 9. The lowest BCUT2D eigenvalue weighted by molar-refractivity contribution is 0.669. The summed E-state index contributed by atoms with van der Waals surface area (Å²) >= 11 is 0. The normalized spacial score (nSPS) is 11.7. The fraction of sp³-hybridized carbons (Fsp3) is 0. The van der Waals surface area contributed by atoms with Crippen molar-refractivity contribution < 1.29 is 4.42 Å². The second kappa shape index (κ2) is 8.60. The fourth-order valence-corrected chi connectivity index (χ4v) is 6.81. The van der Waals surface area contributed by atoms with Crippen LogP contribution in [0.25, 0.3) is 76.9 Å². The van der Waals surface area contributed by atoms with Crippen LogP contribution in [0, 0.1) is 22.7 Å². The molecule has 5 heteroatoms. The Balaban J connectivity index is 1.33. The van der Waals surface area contributed by atoms with Crippen molar-refractivity contribution >= 4 is 65.6 Å². The van der Waals surface area contributed by atoms with E-state index in [1.807, 2.05) is 60.7 Å². The van der Waals surface area contributed by atoms with Crippen LogP contribution in [0.3, 0.4) is 0 Å². The lowest BCUT2D eigenvalue weighted by atomic mass is 10.1. The number of aromatic nitrogens is 2. The van der Waals surface area contributed by atoms with Gasteiger partial charge in [-0.05, 0) is 72.8 Å². The minimum Gasteiger partial charge on any atom is -0.456 e. The Morgan fingerprint density at radius 3 is 1.35 bits per heavy atom. The van der Waals surface area contributed by atoms with Gasteiger partial charge in [-0.2, -0.15) is 10.5 Å². The number of rotatable bonds is 2. The summed E-state index contributed by atoms with van der Waals surface area (Å²) in [6.07, 6.45) is 0. The van der Waals surface area contributed by atoms with Crippen LogP contribution in [0.4, 0.5) is 0 Å². The molecule has 43 heavy (non-hydrogen) atoms. The van der Waals surface area contributed by atoms with Crippen LogP contribution in [0.5, 0.6) is 0 Å². The summed E-state index contributed by atoms with van der Waals surface area (Å²) < 4.78 is 10.8. The largest absolute Gasteiger partial charge is 0.456 e. The highest BCUT2D eigenvalue weighted by Crippen LogP contribution is 2.39. The van der Waals surface area contributed by atoms with Crippen LogP contribution in [0.2, 0.25) is 0 Å². The van der Waals surface area contributed by atoms with E-state index < -0.39 is 0 Å². The van der Waals surface area contributed by atoms with Gasteiger partial charge in [0.25, 0.3) is 0 Å². The standard InChI is InChI=1S/C38H20N4O/c39-21-23-7-5-13-33-37(23)27-9-1-3-11-31(27)41(33)25-15-17-35-29(19-25)30-20-26(16-18-36(30)43-35)42-32-12-4-2-10-28(32)38-24(22-40)8-6-14-34(38)42/h1-20H. The summed E-state index contributed by atoms with van der Waals surface area (Å²) in [7, 11) is 0. The number of benzene rings is 6. The van der Waals surface area contributed by atoms with Gasteiger partial charge in [0.05, 0.1) is 45.3 Å². The van der Waals surface area contributed by atoms with E-state index in [2.05, 4.69) is 81.9 Å². The maximum absolute atomic E-state index is 9.88. The second-order valence-corrected chi connectivity index (χ2v) is 10.8. The number of hydrogen-bond acceptors (Lipinski definition) is 3. The van der Waals surface area contributed by atoms with Gasteiger partial charge in [0.1, 0.15) is 11.2 Å². The summed E-state index contributed by atoms with van der Waals surface area (Å²) in [6.45, 7) is 0. The zero-order chi connectivity index (χ0) is 28.7. The molecular formula is C38H20N4O. The van der Waals surface area contributed by atoms with Crippen molar-refractivity contribution in [2.75, 3.05) is 0 Å². The average molecular weight is 549 g/mol. The predicted octanol–water partition coefficient (Wildman–Crippen LogP) is 9.52. The highest BCUT2D eigenvalue weighted by molar-refractivity contribution is 6.14. The van der Waals surface area contributed by atoms with Crippen LogP contribution in [0.1, 0.15) is 11.1 Å². The molecule has 0 unspecified atom stereocenters. The van der Waals surface area contributed by atoms with Crippen molar-refractivity contribution in [3.63, 3.8) is 0 Å². The summed E-state index contributed by atoms with van der Waals surface area (Å²) in [5.74, 6) is 0. The van der Waals surface area contributed by atoms with Crippen LogP contribution < -0.4 is 0 Å². The van der Waals surface area contributed by atoms with Crippen LogP contribution >= 0.6 is 0 Å². The van der Waals surface area contributed by atoms with Gasteiger partial charge >= 0.3 is 0 Å². The minimum absolute atomic E-state index is 0.665. The van der Waals surface area contributed by atoms with E-state index in [1.54, 1.807) is 0 Å². The lowest BCUT2D eigenvalue weighted by Gasteiger charge is -2.09. The van der Waals surface area contributed by atoms with Gasteiger partial charge in [-0.1, -0.05) is 48.5 Å². The molecule has 0 saturated heterocycles. The molecule has 9 aromatic rings. The molecule has 0 aliphatic heterocycles. The quantitative estimate of drug-likeness (QED) is 0.216. The summed E-state index contributed by atoms with van der Waals surface area (Å²) in [5, 5.41) is 25.8. The zero-order valence-corrected chi connectivity index (χ0v) is 22.7. The van der Waals surface area contributed by atoms with E-state index in [0.717, 1.165) is 76.9 Å². The third-order valence-electron chi connectivity index (χ3n) is 8.59. The maximum Gasteiger partial charge on any atom is 0.135 e. The van der Waals surface area contributed by atoms with Gasteiger partial charge in [-0.25, -0.2) is 0 Å². The summed E-state index contributed by atoms with van der Waals surface area (Å²) in [6, 6.07) is 45.6. The molecule has 0 saturated carbocycles. The molecule has 0 radical (unpaired) electrons. The van der Waals surface area contributed by atoms with Crippen molar-refractivity contribution in [1.29, 1.82) is 10.5 Å². The number of hydrogen-bond donors (Lipinski definition) is 0. The smallest absolute Gasteiger partial charge is 0.135 e. The fourth-order valence-electron chi connectivity index (χ4n) is 6.81. The molecule has 0 aliphatic rings. The van der Waals surface area contributed by atoms with E-state index in [0.29, 0.717) is 11.1 Å². The number of nitriles is 2. The van der Waals surface area contributed by atoms with Crippen molar-refractivity contribution in [1.82, 2.24) is 9.13 Å². The first-order valence-corrected chi connectivity index (χ1v) is 14.1. The average Bonchev–Trinajstić information content (AvgIpc) is 3.71. The molecule has 0 aliphatic carbocycles. The molecule has 5 nitrogen and oxygen atoms in total. The molecule has 0 spiro atoms. The molecule has 0 fully saturated rings. The molecule has 0 atom stereocenters. The Hall–Kier alpha value is -6.30. The third-order valence-corrected chi connectivity index (χ3v) is 8.59. The first-order chi connectivity index (χ1) is 21.2. The van der Waals surface area contributed by atoms with E-state index in [4.69, 9.17) is 4.42 Å². The van der Waals surface area contributed by atoms with Gasteiger partial charge in [-0.3, -0.25) is 0 Å². The molecular weight excluding hydrogens is 528 g/mol. The Labute approximate surface area is 245 Å². The van der Waals surface area contributed by atoms with E-state index in [1.165, 1.54) is 0 Å². The monoisotopic (exact) mass is 548 g/mol. The Morgan fingerprint density at radius 1 is 0.442 bits per heavy atom. The molecule has 3 aromatic heterocycles. The first kappa shape index (κ1) is 23.4. The van der Waals surface area contributed by atoms with Gasteiger partial charge < -0.3 is 13.6 Å². The van der Waals surface area contributed by atoms with Gasteiger partial charge in [-0.15, -0.1) is 0 Å². The van der Waals surface area contributed by atoms with Crippen molar-refractivity contribution in [3.8, 4) is 23.5 Å². The minimum atomic E-state index is 0.665. The van der Waals surface area contributed by atoms with Crippen LogP contribution in [-0.2, 0) is 0 Å². The Kier molecular flexibility index (Phi) is 4.68. The van der Waals surface area contributed by atoms with Gasteiger partial charge in [0, 0.05) is 43.7 Å². The van der Waals surface area contributed by atoms with E-state index >= 15 is 0 Å². The van der Waals surface area contributed by atoms with Crippen LogP contribution in [-0.4, -0.2) is 9.13 Å².